The van der Waals surface area contributed by atoms with Crippen molar-refractivity contribution in [2.45, 2.75) is 26.8 Å². The Morgan fingerprint density at radius 1 is 1.10 bits per heavy atom. The summed E-state index contributed by atoms with van der Waals surface area (Å²) >= 11 is 0. The van der Waals surface area contributed by atoms with Gasteiger partial charge in [-0.15, -0.1) is 0 Å². The number of rotatable bonds is 6. The van der Waals surface area contributed by atoms with E-state index in [0.717, 1.165) is 43.3 Å². The van der Waals surface area contributed by atoms with Crippen molar-refractivity contribution in [3.8, 4) is 0 Å². The van der Waals surface area contributed by atoms with Crippen molar-refractivity contribution >= 4 is 17.5 Å². The monoisotopic (exact) mass is 407 g/mol. The van der Waals surface area contributed by atoms with E-state index in [1.807, 2.05) is 36.1 Å². The number of amides is 1. The van der Waals surface area contributed by atoms with Crippen LogP contribution in [0.4, 0.5) is 5.82 Å². The number of benzene rings is 1. The molecular formula is C22H29N7O. The van der Waals surface area contributed by atoms with Crippen molar-refractivity contribution in [3.63, 3.8) is 0 Å². The molecule has 158 valence electrons. The van der Waals surface area contributed by atoms with E-state index in [1.165, 1.54) is 6.33 Å². The molecule has 1 fully saturated rings. The standard InChI is InChI=1S/C22H29N7O/c1-4-26(5-2)20(18-9-7-6-8-10-18)21(30)28-13-11-27(12-14-28)19-15-17(3)25-22-23-16-24-29(19)22/h6-10,15-16,20H,4-5,11-14H2,1-3H3. The molecule has 1 unspecified atom stereocenters. The lowest BCUT2D eigenvalue weighted by Crippen LogP contribution is -2.52. The van der Waals surface area contributed by atoms with Crippen LogP contribution in [0.1, 0.15) is 31.1 Å². The van der Waals surface area contributed by atoms with Crippen LogP contribution >= 0.6 is 0 Å². The summed E-state index contributed by atoms with van der Waals surface area (Å²) in [6, 6.07) is 11.9. The van der Waals surface area contributed by atoms with Crippen molar-refractivity contribution in [1.82, 2.24) is 29.4 Å². The molecule has 0 aliphatic carbocycles. The van der Waals surface area contributed by atoms with Gasteiger partial charge in [0.2, 0.25) is 5.91 Å². The number of nitrogens with zero attached hydrogens (tertiary/aromatic N) is 7. The molecule has 8 heteroatoms. The van der Waals surface area contributed by atoms with Gasteiger partial charge < -0.3 is 9.80 Å². The molecule has 4 rings (SSSR count). The lowest BCUT2D eigenvalue weighted by Gasteiger charge is -2.39. The molecule has 1 aliphatic rings. The second-order valence-electron chi connectivity index (χ2n) is 7.57. The van der Waals surface area contributed by atoms with Gasteiger partial charge in [0.15, 0.2) is 0 Å². The first-order valence-electron chi connectivity index (χ1n) is 10.6. The third kappa shape index (κ3) is 3.87. The van der Waals surface area contributed by atoms with E-state index in [1.54, 1.807) is 4.52 Å². The number of fused-ring (bicyclic) bond motifs is 1. The second-order valence-corrected chi connectivity index (χ2v) is 7.57. The number of hydrogen-bond acceptors (Lipinski definition) is 6. The van der Waals surface area contributed by atoms with Gasteiger partial charge in [0.25, 0.3) is 5.78 Å². The van der Waals surface area contributed by atoms with Crippen molar-refractivity contribution in [2.75, 3.05) is 44.2 Å². The lowest BCUT2D eigenvalue weighted by molar-refractivity contribution is -0.137. The first-order chi connectivity index (χ1) is 14.6. The number of likely N-dealkylation sites (N-methyl/N-ethyl adjacent to an activating group) is 1. The average molecular weight is 408 g/mol. The highest BCUT2D eigenvalue weighted by Gasteiger charge is 2.32. The summed E-state index contributed by atoms with van der Waals surface area (Å²) < 4.78 is 1.77. The van der Waals surface area contributed by atoms with Gasteiger partial charge in [-0.25, -0.2) is 4.98 Å². The van der Waals surface area contributed by atoms with Crippen molar-refractivity contribution in [3.05, 3.63) is 54.0 Å². The Morgan fingerprint density at radius 3 is 2.47 bits per heavy atom. The van der Waals surface area contributed by atoms with Crippen LogP contribution in [-0.4, -0.2) is 74.6 Å². The van der Waals surface area contributed by atoms with E-state index in [-0.39, 0.29) is 11.9 Å². The van der Waals surface area contributed by atoms with Crippen LogP contribution in [-0.2, 0) is 4.79 Å². The molecule has 1 atom stereocenters. The van der Waals surface area contributed by atoms with Gasteiger partial charge in [0, 0.05) is 37.9 Å². The molecular weight excluding hydrogens is 378 g/mol. The molecule has 8 nitrogen and oxygen atoms in total. The minimum absolute atomic E-state index is 0.182. The summed E-state index contributed by atoms with van der Waals surface area (Å²) in [5, 5.41) is 4.32. The fourth-order valence-corrected chi connectivity index (χ4v) is 4.20. The molecule has 0 radical (unpaired) electrons. The van der Waals surface area contributed by atoms with Crippen LogP contribution in [0, 0.1) is 6.92 Å². The van der Waals surface area contributed by atoms with Gasteiger partial charge in [-0.2, -0.15) is 14.6 Å². The van der Waals surface area contributed by atoms with Gasteiger partial charge in [-0.05, 0) is 25.6 Å². The summed E-state index contributed by atoms with van der Waals surface area (Å²) in [6.45, 7) is 10.7. The van der Waals surface area contributed by atoms with Gasteiger partial charge in [0.05, 0.1) is 0 Å². The van der Waals surface area contributed by atoms with Crippen LogP contribution in [0.5, 0.6) is 0 Å². The zero-order valence-corrected chi connectivity index (χ0v) is 17.9. The highest BCUT2D eigenvalue weighted by molar-refractivity contribution is 5.83. The predicted molar refractivity (Wildman–Crippen MR) is 116 cm³/mol. The minimum Gasteiger partial charge on any atom is -0.353 e. The summed E-state index contributed by atoms with van der Waals surface area (Å²) in [7, 11) is 0. The van der Waals surface area contributed by atoms with Gasteiger partial charge >= 0.3 is 0 Å². The Labute approximate surface area is 177 Å². The molecule has 1 aromatic carbocycles. The minimum atomic E-state index is -0.238. The highest BCUT2D eigenvalue weighted by Crippen LogP contribution is 2.25. The third-order valence-corrected chi connectivity index (χ3v) is 5.80. The van der Waals surface area contributed by atoms with Crippen LogP contribution in [0.2, 0.25) is 0 Å². The second kappa shape index (κ2) is 8.79. The summed E-state index contributed by atoms with van der Waals surface area (Å²) in [5.74, 6) is 1.76. The van der Waals surface area contributed by atoms with Gasteiger partial charge in [-0.3, -0.25) is 9.69 Å². The van der Waals surface area contributed by atoms with Gasteiger partial charge in [0.1, 0.15) is 18.2 Å². The van der Waals surface area contributed by atoms with Crippen LogP contribution in [0.15, 0.2) is 42.7 Å². The number of carbonyl (C=O) groups is 1. The molecule has 0 saturated carbocycles. The molecule has 1 aliphatic heterocycles. The topological polar surface area (TPSA) is 69.9 Å². The van der Waals surface area contributed by atoms with E-state index in [4.69, 9.17) is 0 Å². The smallest absolute Gasteiger partial charge is 0.254 e. The normalized spacial score (nSPS) is 15.7. The van der Waals surface area contributed by atoms with E-state index >= 15 is 0 Å². The number of aromatic nitrogens is 4. The molecule has 0 bridgehead atoms. The molecule has 30 heavy (non-hydrogen) atoms. The summed E-state index contributed by atoms with van der Waals surface area (Å²) in [6.07, 6.45) is 1.53. The maximum Gasteiger partial charge on any atom is 0.254 e. The number of aryl methyl sites for hydroxylation is 1. The Kier molecular flexibility index (Phi) is 5.94. The Morgan fingerprint density at radius 2 is 1.80 bits per heavy atom. The fourth-order valence-electron chi connectivity index (χ4n) is 4.20. The Hall–Kier alpha value is -3.00. The summed E-state index contributed by atoms with van der Waals surface area (Å²) in [5.41, 5.74) is 1.97. The maximum absolute atomic E-state index is 13.6. The molecule has 0 N–H and O–H groups in total. The number of piperazine rings is 1. The fraction of sp³-hybridized carbons (Fsp3) is 0.455. The SMILES string of the molecule is CCN(CC)C(C(=O)N1CCN(c2cc(C)nc3ncnn23)CC1)c1ccccc1. The molecule has 1 amide bonds. The molecule has 2 aromatic heterocycles. The van der Waals surface area contributed by atoms with E-state index in [2.05, 4.69) is 50.8 Å². The van der Waals surface area contributed by atoms with Crippen molar-refractivity contribution < 1.29 is 4.79 Å². The Balaban J connectivity index is 1.52. The number of carbonyl (C=O) groups excluding carboxylic acids is 1. The highest BCUT2D eigenvalue weighted by atomic mass is 16.2. The van der Waals surface area contributed by atoms with Crippen molar-refractivity contribution in [2.24, 2.45) is 0 Å². The van der Waals surface area contributed by atoms with Crippen LogP contribution < -0.4 is 4.90 Å². The largest absolute Gasteiger partial charge is 0.353 e. The quantitative estimate of drug-likeness (QED) is 0.624. The number of anilines is 1. The van der Waals surface area contributed by atoms with Gasteiger partial charge in [-0.1, -0.05) is 44.2 Å². The molecule has 0 spiro atoms. The first kappa shape index (κ1) is 20.3. The average Bonchev–Trinajstić information content (AvgIpc) is 3.25. The number of hydrogen-bond donors (Lipinski definition) is 0. The molecule has 1 saturated heterocycles. The van der Waals surface area contributed by atoms with Crippen LogP contribution in [0.25, 0.3) is 5.78 Å². The Bertz CT molecular complexity index is 991. The predicted octanol–water partition coefficient (Wildman–Crippen LogP) is 2.16. The zero-order valence-electron chi connectivity index (χ0n) is 17.9. The van der Waals surface area contributed by atoms with E-state index in [9.17, 15) is 4.79 Å². The van der Waals surface area contributed by atoms with Crippen molar-refractivity contribution in [1.29, 1.82) is 0 Å². The molecule has 3 heterocycles. The maximum atomic E-state index is 13.6. The zero-order chi connectivity index (χ0) is 21.1. The lowest BCUT2D eigenvalue weighted by atomic mass is 10.0. The van der Waals surface area contributed by atoms with E-state index < -0.39 is 0 Å². The van der Waals surface area contributed by atoms with Crippen LogP contribution in [0.3, 0.4) is 0 Å². The third-order valence-electron chi connectivity index (χ3n) is 5.80. The molecule has 3 aromatic rings. The first-order valence-corrected chi connectivity index (χ1v) is 10.6. The van der Waals surface area contributed by atoms with E-state index in [0.29, 0.717) is 18.9 Å². The summed E-state index contributed by atoms with van der Waals surface area (Å²) in [4.78, 5) is 28.7.